The minimum Gasteiger partial charge on any atom is -0.480 e. The van der Waals surface area contributed by atoms with Gasteiger partial charge < -0.3 is 21.1 Å². The molecule has 1 aliphatic carbocycles. The van der Waals surface area contributed by atoms with Crippen molar-refractivity contribution in [3.05, 3.63) is 45.1 Å². The Morgan fingerprint density at radius 2 is 2.07 bits per heavy atom. The summed E-state index contributed by atoms with van der Waals surface area (Å²) in [6.45, 7) is 2.38. The second-order valence-electron chi connectivity index (χ2n) is 7.83. The van der Waals surface area contributed by atoms with E-state index in [1.54, 1.807) is 6.92 Å². The van der Waals surface area contributed by atoms with Crippen LogP contribution < -0.4 is 21.5 Å². The Kier molecular flexibility index (Phi) is 4.77. The van der Waals surface area contributed by atoms with Crippen molar-refractivity contribution < 1.29 is 19.1 Å². The molecule has 2 aromatic heterocycles. The van der Waals surface area contributed by atoms with E-state index in [0.29, 0.717) is 29.9 Å². The molecule has 2 fully saturated rings. The zero-order chi connectivity index (χ0) is 20.9. The highest BCUT2D eigenvalue weighted by atomic mass is 19.1. The number of pyridine rings is 2. The molecule has 1 aliphatic heterocycles. The Morgan fingerprint density at radius 1 is 1.34 bits per heavy atom. The number of halogens is 1. The number of nitrogens with zero attached hydrogens (tertiary/aromatic N) is 2. The summed E-state index contributed by atoms with van der Waals surface area (Å²) in [7, 11) is 0. The number of carboxylic acids is 1. The molecule has 0 spiro atoms. The van der Waals surface area contributed by atoms with Crippen LogP contribution in [0.4, 0.5) is 10.1 Å². The average molecular weight is 402 g/mol. The number of carboxylic acid groups (broad SMARTS) is 1. The second kappa shape index (κ2) is 7.14. The number of carbonyl (C=O) groups excluding carboxylic acids is 1. The van der Waals surface area contributed by atoms with Gasteiger partial charge in [-0.05, 0) is 49.3 Å². The van der Waals surface area contributed by atoms with Gasteiger partial charge in [0.25, 0.3) is 11.5 Å². The average Bonchev–Trinajstić information content (AvgIpc) is 3.42. The fourth-order valence-corrected chi connectivity index (χ4v) is 4.14. The minimum atomic E-state index is -1.21. The summed E-state index contributed by atoms with van der Waals surface area (Å²) in [6, 6.07) is 1.52. The highest BCUT2D eigenvalue weighted by molar-refractivity contribution is 5.96. The molecule has 2 aromatic rings. The van der Waals surface area contributed by atoms with Gasteiger partial charge in [0, 0.05) is 19.1 Å². The van der Waals surface area contributed by atoms with E-state index >= 15 is 4.39 Å². The third-order valence-corrected chi connectivity index (χ3v) is 5.65. The molecule has 1 saturated carbocycles. The quantitative estimate of drug-likeness (QED) is 0.686. The second-order valence-corrected chi connectivity index (χ2v) is 7.83. The first-order chi connectivity index (χ1) is 13.8. The number of aromatic nitrogens is 1. The first-order valence-corrected chi connectivity index (χ1v) is 9.66. The van der Waals surface area contributed by atoms with Gasteiger partial charge >= 0.3 is 5.97 Å². The van der Waals surface area contributed by atoms with Crippen molar-refractivity contribution in [2.24, 2.45) is 5.73 Å². The summed E-state index contributed by atoms with van der Waals surface area (Å²) in [5, 5.41) is 11.0. The number of anilines is 1. The van der Waals surface area contributed by atoms with E-state index in [9.17, 15) is 14.4 Å². The van der Waals surface area contributed by atoms with Crippen LogP contribution in [0.15, 0.2) is 17.1 Å². The number of hydrogen-bond donors (Lipinski definition) is 3. The first-order valence-electron chi connectivity index (χ1n) is 9.66. The topological polar surface area (TPSA) is 117 Å². The van der Waals surface area contributed by atoms with Crippen molar-refractivity contribution in [2.75, 3.05) is 24.5 Å². The zero-order valence-electron chi connectivity index (χ0n) is 16.1. The number of rotatable bonds is 5. The van der Waals surface area contributed by atoms with Crippen molar-refractivity contribution in [2.45, 2.75) is 38.1 Å². The molecule has 0 unspecified atom stereocenters. The summed E-state index contributed by atoms with van der Waals surface area (Å²) >= 11 is 0. The summed E-state index contributed by atoms with van der Waals surface area (Å²) in [5.74, 6) is -2.34. The largest absolute Gasteiger partial charge is 0.480 e. The molecule has 2 aliphatic rings. The number of amides is 1. The fraction of sp³-hybridized carbons (Fsp3) is 0.450. The molecule has 8 nitrogen and oxygen atoms in total. The van der Waals surface area contributed by atoms with Crippen LogP contribution in [0.2, 0.25) is 0 Å². The number of fused-ring (bicyclic) bond motifs is 1. The molecule has 4 N–H and O–H groups in total. The molecule has 1 atom stereocenters. The summed E-state index contributed by atoms with van der Waals surface area (Å²) in [6.07, 6.45) is 3.74. The highest BCUT2D eigenvalue weighted by Crippen LogP contribution is 2.44. The minimum absolute atomic E-state index is 0.0181. The molecule has 4 rings (SSSR count). The van der Waals surface area contributed by atoms with Gasteiger partial charge in [0.2, 0.25) is 0 Å². The van der Waals surface area contributed by atoms with E-state index in [0.717, 1.165) is 31.0 Å². The summed E-state index contributed by atoms with van der Waals surface area (Å²) < 4.78 is 16.2. The van der Waals surface area contributed by atoms with Gasteiger partial charge in [-0.2, -0.15) is 0 Å². The Bertz CT molecular complexity index is 1080. The van der Waals surface area contributed by atoms with Gasteiger partial charge in [0.05, 0.1) is 17.4 Å². The maximum absolute atomic E-state index is 15.1. The van der Waals surface area contributed by atoms with Crippen LogP contribution in [0.5, 0.6) is 0 Å². The Hall–Kier alpha value is -2.94. The molecule has 0 radical (unpaired) electrons. The number of nitrogens with two attached hydrogens (primary N) is 1. The van der Waals surface area contributed by atoms with E-state index in [2.05, 4.69) is 5.32 Å². The van der Waals surface area contributed by atoms with Gasteiger partial charge in [0.1, 0.15) is 12.1 Å². The number of hydrogen-bond acceptors (Lipinski definition) is 5. The van der Waals surface area contributed by atoms with Crippen LogP contribution >= 0.6 is 0 Å². The molecule has 3 heterocycles. The van der Waals surface area contributed by atoms with Crippen LogP contribution in [0.25, 0.3) is 5.52 Å². The number of aliphatic carboxylic acids is 1. The van der Waals surface area contributed by atoms with Crippen LogP contribution in [-0.4, -0.2) is 47.1 Å². The van der Waals surface area contributed by atoms with Crippen molar-refractivity contribution in [3.63, 3.8) is 0 Å². The molecular weight excluding hydrogens is 379 g/mol. The van der Waals surface area contributed by atoms with E-state index in [-0.39, 0.29) is 17.5 Å². The van der Waals surface area contributed by atoms with Gasteiger partial charge in [-0.3, -0.25) is 18.8 Å². The van der Waals surface area contributed by atoms with Crippen molar-refractivity contribution >= 4 is 23.1 Å². The number of nitrogens with one attached hydrogen (secondary N) is 1. The Balaban J connectivity index is 1.89. The molecular formula is C20H23FN4O4. The lowest BCUT2D eigenvalue weighted by molar-refractivity contribution is -0.135. The third kappa shape index (κ3) is 3.46. The third-order valence-electron chi connectivity index (χ3n) is 5.65. The molecule has 0 aromatic carbocycles. The van der Waals surface area contributed by atoms with Crippen LogP contribution in [-0.2, 0) is 4.79 Å². The molecule has 9 heteroatoms. The van der Waals surface area contributed by atoms with Crippen molar-refractivity contribution in [1.82, 2.24) is 9.72 Å². The van der Waals surface area contributed by atoms with E-state index in [1.165, 1.54) is 10.5 Å². The lowest BCUT2D eigenvalue weighted by Gasteiger charge is -2.24. The lowest BCUT2D eigenvalue weighted by atomic mass is 10.0. The van der Waals surface area contributed by atoms with Gasteiger partial charge in [-0.15, -0.1) is 0 Å². The zero-order valence-corrected chi connectivity index (χ0v) is 16.1. The summed E-state index contributed by atoms with van der Waals surface area (Å²) in [4.78, 5) is 38.0. The molecule has 1 amide bonds. The van der Waals surface area contributed by atoms with E-state index in [1.807, 2.05) is 4.90 Å². The molecule has 0 bridgehead atoms. The first kappa shape index (κ1) is 19.4. The van der Waals surface area contributed by atoms with Gasteiger partial charge in [0.15, 0.2) is 5.82 Å². The van der Waals surface area contributed by atoms with Crippen molar-refractivity contribution in [3.8, 4) is 0 Å². The fourth-order valence-electron chi connectivity index (χ4n) is 4.14. The molecule has 29 heavy (non-hydrogen) atoms. The van der Waals surface area contributed by atoms with E-state index in [4.69, 9.17) is 10.8 Å². The lowest BCUT2D eigenvalue weighted by Crippen LogP contribution is -2.35. The maximum Gasteiger partial charge on any atom is 0.322 e. The van der Waals surface area contributed by atoms with Crippen LogP contribution in [0.1, 0.15) is 46.7 Å². The predicted molar refractivity (Wildman–Crippen MR) is 105 cm³/mol. The van der Waals surface area contributed by atoms with Crippen molar-refractivity contribution in [1.29, 1.82) is 0 Å². The standard InChI is InChI=1S/C20H23FN4O4/c1-10-17-13(11-2-3-11)6-14(19(28)23-7-16(26)27)20(29)25(17)9-15(21)18(10)24-5-4-12(22)8-24/h6,9,11-12H,2-5,7-8,22H2,1H3,(H,23,28)(H,26,27)/t12-/m0/s1. The normalized spacial score (nSPS) is 19.0. The van der Waals surface area contributed by atoms with Crippen LogP contribution in [0.3, 0.4) is 0 Å². The number of carbonyl (C=O) groups is 2. The monoisotopic (exact) mass is 402 g/mol. The Morgan fingerprint density at radius 3 is 2.66 bits per heavy atom. The SMILES string of the molecule is Cc1c(N2CC[C@H](N)C2)c(F)cn2c(=O)c(C(=O)NCC(=O)O)cc(C3CC3)c12. The Labute approximate surface area is 166 Å². The summed E-state index contributed by atoms with van der Waals surface area (Å²) in [5.41, 5.74) is 7.66. The smallest absolute Gasteiger partial charge is 0.322 e. The van der Waals surface area contributed by atoms with Crippen LogP contribution in [0, 0.1) is 12.7 Å². The molecule has 1 saturated heterocycles. The van der Waals surface area contributed by atoms with E-state index < -0.39 is 29.8 Å². The highest BCUT2D eigenvalue weighted by Gasteiger charge is 2.31. The number of aryl methyl sites for hydroxylation is 1. The predicted octanol–water partition coefficient (Wildman–Crippen LogP) is 0.976. The van der Waals surface area contributed by atoms with Gasteiger partial charge in [-0.1, -0.05) is 0 Å². The molecule has 154 valence electrons. The maximum atomic E-state index is 15.1. The van der Waals surface area contributed by atoms with Gasteiger partial charge in [-0.25, -0.2) is 4.39 Å².